The molecule has 0 aliphatic carbocycles. The molecule has 0 fully saturated rings. The third-order valence-corrected chi connectivity index (χ3v) is 2.75. The molecule has 2 rings (SSSR count). The van der Waals surface area contributed by atoms with Crippen LogP contribution in [0.4, 0.5) is 0 Å². The number of aryl methyl sites for hydroxylation is 1. The number of carboxylic acids is 1. The zero-order valence-corrected chi connectivity index (χ0v) is 11.2. The minimum atomic E-state index is -1.000. The number of carboxylic acid groups (broad SMARTS) is 1. The molecular weight excluding hydrogens is 256 g/mol. The Kier molecular flexibility index (Phi) is 4.60. The summed E-state index contributed by atoms with van der Waals surface area (Å²) in [7, 11) is 0. The Morgan fingerprint density at radius 2 is 1.65 bits per heavy atom. The fourth-order valence-electron chi connectivity index (χ4n) is 1.71. The maximum atomic E-state index is 11.0. The van der Waals surface area contributed by atoms with Crippen LogP contribution in [0, 0.1) is 6.92 Å². The van der Waals surface area contributed by atoms with Gasteiger partial charge in [-0.1, -0.05) is 29.8 Å². The van der Waals surface area contributed by atoms with Crippen LogP contribution in [0.5, 0.6) is 11.5 Å². The Hall–Kier alpha value is -2.49. The van der Waals surface area contributed by atoms with Gasteiger partial charge in [0.1, 0.15) is 30.3 Å². The number of hydrogen-bond donors (Lipinski definition) is 1. The van der Waals surface area contributed by atoms with Gasteiger partial charge in [-0.25, -0.2) is 4.79 Å². The van der Waals surface area contributed by atoms with E-state index in [1.807, 2.05) is 31.2 Å². The van der Waals surface area contributed by atoms with E-state index in [9.17, 15) is 4.79 Å². The topological polar surface area (TPSA) is 55.8 Å². The molecule has 4 nitrogen and oxygen atoms in total. The molecular formula is C16H16O4. The van der Waals surface area contributed by atoms with Crippen LogP contribution in [0.3, 0.4) is 0 Å². The molecule has 2 aromatic carbocycles. The van der Waals surface area contributed by atoms with Gasteiger partial charge in [-0.3, -0.25) is 0 Å². The van der Waals surface area contributed by atoms with Crippen LogP contribution in [0.2, 0.25) is 0 Å². The normalized spacial score (nSPS) is 10.1. The Balaban J connectivity index is 1.84. The van der Waals surface area contributed by atoms with E-state index in [0.29, 0.717) is 12.4 Å². The van der Waals surface area contributed by atoms with Crippen LogP contribution >= 0.6 is 0 Å². The first-order valence-corrected chi connectivity index (χ1v) is 6.31. The highest BCUT2D eigenvalue weighted by molar-refractivity contribution is 5.90. The van der Waals surface area contributed by atoms with Crippen molar-refractivity contribution >= 4 is 5.97 Å². The summed E-state index contributed by atoms with van der Waals surface area (Å²) in [6.07, 6.45) is 0. The highest BCUT2D eigenvalue weighted by Gasteiger charge is 2.09. The average molecular weight is 272 g/mol. The molecule has 0 atom stereocenters. The van der Waals surface area contributed by atoms with Crippen LogP contribution in [0.15, 0.2) is 48.5 Å². The lowest BCUT2D eigenvalue weighted by atomic mass is 10.2. The zero-order valence-electron chi connectivity index (χ0n) is 11.2. The SMILES string of the molecule is Cc1ccc(OCCOc2ccccc2C(=O)O)cc1. The molecule has 4 heteroatoms. The third-order valence-electron chi connectivity index (χ3n) is 2.75. The lowest BCUT2D eigenvalue weighted by Gasteiger charge is -2.10. The second-order valence-corrected chi connectivity index (χ2v) is 4.31. The van der Waals surface area contributed by atoms with Crippen molar-refractivity contribution in [2.45, 2.75) is 6.92 Å². The molecule has 0 spiro atoms. The van der Waals surface area contributed by atoms with Gasteiger partial charge >= 0.3 is 5.97 Å². The largest absolute Gasteiger partial charge is 0.490 e. The van der Waals surface area contributed by atoms with E-state index in [0.717, 1.165) is 5.75 Å². The second-order valence-electron chi connectivity index (χ2n) is 4.31. The van der Waals surface area contributed by atoms with E-state index in [1.165, 1.54) is 11.6 Å². The van der Waals surface area contributed by atoms with Crippen LogP contribution in [0.1, 0.15) is 15.9 Å². The average Bonchev–Trinajstić information content (AvgIpc) is 2.46. The van der Waals surface area contributed by atoms with E-state index in [-0.39, 0.29) is 12.2 Å². The van der Waals surface area contributed by atoms with Crippen LogP contribution in [0.25, 0.3) is 0 Å². The van der Waals surface area contributed by atoms with Gasteiger partial charge in [0.05, 0.1) is 0 Å². The standard InChI is InChI=1S/C16H16O4/c1-12-6-8-13(9-7-12)19-10-11-20-15-5-3-2-4-14(15)16(17)18/h2-9H,10-11H2,1H3,(H,17,18). The summed E-state index contributed by atoms with van der Waals surface area (Å²) in [4.78, 5) is 11.0. The zero-order chi connectivity index (χ0) is 14.4. The predicted octanol–water partition coefficient (Wildman–Crippen LogP) is 3.15. The fraction of sp³-hybridized carbons (Fsp3) is 0.188. The molecule has 0 saturated carbocycles. The number of ether oxygens (including phenoxy) is 2. The van der Waals surface area contributed by atoms with Gasteiger partial charge < -0.3 is 14.6 Å². The number of rotatable bonds is 6. The second kappa shape index (κ2) is 6.61. The van der Waals surface area contributed by atoms with Gasteiger partial charge in [0.25, 0.3) is 0 Å². The molecule has 0 aliphatic rings. The lowest BCUT2D eigenvalue weighted by molar-refractivity contribution is 0.0691. The maximum Gasteiger partial charge on any atom is 0.339 e. The van der Waals surface area contributed by atoms with Crippen LogP contribution in [-0.2, 0) is 0 Å². The highest BCUT2D eigenvalue weighted by atomic mass is 16.5. The summed E-state index contributed by atoms with van der Waals surface area (Å²) in [5, 5.41) is 9.01. The Morgan fingerprint density at radius 1 is 1.00 bits per heavy atom. The summed E-state index contributed by atoms with van der Waals surface area (Å²) >= 11 is 0. The van der Waals surface area contributed by atoms with Crippen molar-refractivity contribution in [2.24, 2.45) is 0 Å². The van der Waals surface area contributed by atoms with Crippen molar-refractivity contribution in [3.63, 3.8) is 0 Å². The maximum absolute atomic E-state index is 11.0. The van der Waals surface area contributed by atoms with Crippen molar-refractivity contribution < 1.29 is 19.4 Å². The van der Waals surface area contributed by atoms with Crippen LogP contribution in [-0.4, -0.2) is 24.3 Å². The number of aromatic carboxylic acids is 1. The summed E-state index contributed by atoms with van der Waals surface area (Å²) in [5.74, 6) is 0.123. The summed E-state index contributed by atoms with van der Waals surface area (Å²) in [6, 6.07) is 14.3. The molecule has 0 amide bonds. The monoisotopic (exact) mass is 272 g/mol. The Bertz CT molecular complexity index is 575. The molecule has 20 heavy (non-hydrogen) atoms. The lowest BCUT2D eigenvalue weighted by Crippen LogP contribution is -2.11. The summed E-state index contributed by atoms with van der Waals surface area (Å²) in [6.45, 7) is 2.66. The van der Waals surface area contributed by atoms with Crippen LogP contribution < -0.4 is 9.47 Å². The van der Waals surface area contributed by atoms with Crippen molar-refractivity contribution in [1.29, 1.82) is 0 Å². The first-order chi connectivity index (χ1) is 9.66. The molecule has 0 bridgehead atoms. The summed E-state index contributed by atoms with van der Waals surface area (Å²) < 4.78 is 10.9. The molecule has 0 aromatic heterocycles. The minimum Gasteiger partial charge on any atom is -0.490 e. The molecule has 0 radical (unpaired) electrons. The van der Waals surface area contributed by atoms with Crippen molar-refractivity contribution in [1.82, 2.24) is 0 Å². The summed E-state index contributed by atoms with van der Waals surface area (Å²) in [5.41, 5.74) is 1.33. The van der Waals surface area contributed by atoms with Gasteiger partial charge in [-0.15, -0.1) is 0 Å². The van der Waals surface area contributed by atoms with Crippen molar-refractivity contribution in [3.05, 3.63) is 59.7 Å². The van der Waals surface area contributed by atoms with Crippen molar-refractivity contribution in [2.75, 3.05) is 13.2 Å². The molecule has 0 unspecified atom stereocenters. The van der Waals surface area contributed by atoms with Gasteiger partial charge in [0, 0.05) is 0 Å². The highest BCUT2D eigenvalue weighted by Crippen LogP contribution is 2.17. The number of hydrogen-bond acceptors (Lipinski definition) is 3. The first kappa shape index (κ1) is 13.9. The third kappa shape index (κ3) is 3.75. The fourth-order valence-corrected chi connectivity index (χ4v) is 1.71. The Morgan fingerprint density at radius 3 is 2.35 bits per heavy atom. The minimum absolute atomic E-state index is 0.155. The molecule has 104 valence electrons. The van der Waals surface area contributed by atoms with E-state index in [2.05, 4.69) is 0 Å². The molecule has 0 aliphatic heterocycles. The van der Waals surface area contributed by atoms with E-state index in [1.54, 1.807) is 18.2 Å². The van der Waals surface area contributed by atoms with E-state index < -0.39 is 5.97 Å². The van der Waals surface area contributed by atoms with Gasteiger partial charge in [0.2, 0.25) is 0 Å². The Labute approximate surface area is 117 Å². The molecule has 1 N–H and O–H groups in total. The van der Waals surface area contributed by atoms with Gasteiger partial charge in [-0.2, -0.15) is 0 Å². The number of benzene rings is 2. The molecule has 2 aromatic rings. The molecule has 0 heterocycles. The number of carbonyl (C=O) groups is 1. The first-order valence-electron chi connectivity index (χ1n) is 6.31. The van der Waals surface area contributed by atoms with Gasteiger partial charge in [0.15, 0.2) is 0 Å². The smallest absolute Gasteiger partial charge is 0.339 e. The van der Waals surface area contributed by atoms with Gasteiger partial charge in [-0.05, 0) is 31.2 Å². The van der Waals surface area contributed by atoms with E-state index >= 15 is 0 Å². The molecule has 0 saturated heterocycles. The van der Waals surface area contributed by atoms with E-state index in [4.69, 9.17) is 14.6 Å². The predicted molar refractivity (Wildman–Crippen MR) is 75.6 cm³/mol. The van der Waals surface area contributed by atoms with Crippen molar-refractivity contribution in [3.8, 4) is 11.5 Å². The quantitative estimate of drug-likeness (QED) is 0.821. The number of para-hydroxylation sites is 1.